The zero-order valence-electron chi connectivity index (χ0n) is 16.6. The summed E-state index contributed by atoms with van der Waals surface area (Å²) in [6.45, 7) is 5.68. The van der Waals surface area contributed by atoms with Crippen molar-refractivity contribution < 1.29 is 14.4 Å². The molecule has 0 spiro atoms. The van der Waals surface area contributed by atoms with Crippen molar-refractivity contribution in [3.8, 4) is 0 Å². The lowest BCUT2D eigenvalue weighted by molar-refractivity contribution is -0.122. The SMILES string of the molecule is CNC(=O)c1ccccc1NCC(=O)NCC(=O)Nc1c(C)cc(C)cc1C. The first-order valence-electron chi connectivity index (χ1n) is 9.01. The summed E-state index contributed by atoms with van der Waals surface area (Å²) in [5, 5.41) is 10.9. The van der Waals surface area contributed by atoms with Crippen molar-refractivity contribution in [2.24, 2.45) is 0 Å². The van der Waals surface area contributed by atoms with E-state index in [2.05, 4.69) is 21.3 Å². The first-order chi connectivity index (χ1) is 13.3. The quantitative estimate of drug-likeness (QED) is 0.590. The number of carbonyl (C=O) groups excluding carboxylic acids is 3. The minimum atomic E-state index is -0.348. The van der Waals surface area contributed by atoms with Gasteiger partial charge in [-0.2, -0.15) is 0 Å². The van der Waals surface area contributed by atoms with Crippen molar-refractivity contribution in [3.05, 3.63) is 58.7 Å². The molecule has 3 amide bonds. The second kappa shape index (κ2) is 9.55. The first-order valence-corrected chi connectivity index (χ1v) is 9.01. The number of hydrogen-bond donors (Lipinski definition) is 4. The zero-order chi connectivity index (χ0) is 20.7. The van der Waals surface area contributed by atoms with E-state index in [9.17, 15) is 14.4 Å². The highest BCUT2D eigenvalue weighted by atomic mass is 16.2. The summed E-state index contributed by atoms with van der Waals surface area (Å²) in [4.78, 5) is 36.1. The second-order valence-electron chi connectivity index (χ2n) is 6.58. The number of carbonyl (C=O) groups is 3. The zero-order valence-corrected chi connectivity index (χ0v) is 16.6. The molecule has 0 radical (unpaired) electrons. The summed E-state index contributed by atoms with van der Waals surface area (Å²) in [6, 6.07) is 10.9. The Morgan fingerprint density at radius 3 is 2.18 bits per heavy atom. The van der Waals surface area contributed by atoms with E-state index < -0.39 is 0 Å². The molecule has 7 heteroatoms. The van der Waals surface area contributed by atoms with Gasteiger partial charge in [0.05, 0.1) is 18.7 Å². The van der Waals surface area contributed by atoms with Gasteiger partial charge in [-0.05, 0) is 44.0 Å². The fourth-order valence-electron chi connectivity index (χ4n) is 2.95. The maximum Gasteiger partial charge on any atom is 0.253 e. The van der Waals surface area contributed by atoms with Gasteiger partial charge in [0.25, 0.3) is 5.91 Å². The van der Waals surface area contributed by atoms with Gasteiger partial charge in [0.2, 0.25) is 11.8 Å². The first kappa shape index (κ1) is 21.0. The van der Waals surface area contributed by atoms with E-state index in [1.807, 2.05) is 32.9 Å². The van der Waals surface area contributed by atoms with Crippen molar-refractivity contribution in [1.29, 1.82) is 0 Å². The summed E-state index contributed by atoms with van der Waals surface area (Å²) < 4.78 is 0. The molecule has 0 unspecified atom stereocenters. The maximum absolute atomic E-state index is 12.2. The lowest BCUT2D eigenvalue weighted by atomic mass is 10.1. The lowest BCUT2D eigenvalue weighted by Crippen LogP contribution is -2.36. The van der Waals surface area contributed by atoms with E-state index in [4.69, 9.17) is 0 Å². The fraction of sp³-hybridized carbons (Fsp3) is 0.286. The normalized spacial score (nSPS) is 10.1. The molecule has 0 aliphatic heterocycles. The van der Waals surface area contributed by atoms with Crippen LogP contribution in [0.3, 0.4) is 0 Å². The molecule has 0 aromatic heterocycles. The van der Waals surface area contributed by atoms with E-state index in [1.165, 1.54) is 0 Å². The van der Waals surface area contributed by atoms with Crippen LogP contribution < -0.4 is 21.3 Å². The number of hydrogen-bond acceptors (Lipinski definition) is 4. The van der Waals surface area contributed by atoms with Crippen molar-refractivity contribution in [2.45, 2.75) is 20.8 Å². The number of benzene rings is 2. The third-order valence-electron chi connectivity index (χ3n) is 4.23. The highest BCUT2D eigenvalue weighted by Gasteiger charge is 2.12. The number of amides is 3. The molecule has 0 fully saturated rings. The average Bonchev–Trinajstić information content (AvgIpc) is 2.67. The van der Waals surface area contributed by atoms with E-state index in [-0.39, 0.29) is 30.8 Å². The van der Waals surface area contributed by atoms with Gasteiger partial charge in [-0.3, -0.25) is 14.4 Å². The number of rotatable bonds is 7. The Hall–Kier alpha value is -3.35. The number of aryl methyl sites for hydroxylation is 3. The molecular formula is C21H26N4O3. The molecule has 0 saturated heterocycles. The van der Waals surface area contributed by atoms with Gasteiger partial charge in [0.15, 0.2) is 0 Å². The fourth-order valence-corrected chi connectivity index (χ4v) is 2.95. The molecule has 4 N–H and O–H groups in total. The molecule has 28 heavy (non-hydrogen) atoms. The Morgan fingerprint density at radius 2 is 1.54 bits per heavy atom. The molecule has 0 aliphatic carbocycles. The maximum atomic E-state index is 12.2. The Balaban J connectivity index is 1.87. The van der Waals surface area contributed by atoms with Crippen LogP contribution in [0.2, 0.25) is 0 Å². The van der Waals surface area contributed by atoms with Gasteiger partial charge in [0, 0.05) is 18.4 Å². The predicted molar refractivity (Wildman–Crippen MR) is 111 cm³/mol. The van der Waals surface area contributed by atoms with Crippen LogP contribution in [0.25, 0.3) is 0 Å². The third kappa shape index (κ3) is 5.57. The van der Waals surface area contributed by atoms with Crippen molar-refractivity contribution in [3.63, 3.8) is 0 Å². The van der Waals surface area contributed by atoms with Gasteiger partial charge in [-0.1, -0.05) is 29.8 Å². The highest BCUT2D eigenvalue weighted by molar-refractivity contribution is 6.00. The highest BCUT2D eigenvalue weighted by Crippen LogP contribution is 2.21. The van der Waals surface area contributed by atoms with E-state index >= 15 is 0 Å². The summed E-state index contributed by atoms with van der Waals surface area (Å²) in [5.41, 5.74) is 4.84. The minimum Gasteiger partial charge on any atom is -0.376 e. The van der Waals surface area contributed by atoms with Crippen molar-refractivity contribution in [2.75, 3.05) is 30.8 Å². The summed E-state index contributed by atoms with van der Waals surface area (Å²) in [5.74, 6) is -0.889. The van der Waals surface area contributed by atoms with Crippen LogP contribution in [0.4, 0.5) is 11.4 Å². The van der Waals surface area contributed by atoms with Crippen molar-refractivity contribution >= 4 is 29.1 Å². The molecule has 2 rings (SSSR count). The standard InChI is InChI=1S/C21H26N4O3/c1-13-9-14(2)20(15(3)10-13)25-19(27)12-24-18(26)11-23-17-8-6-5-7-16(17)21(28)22-4/h5-10,23H,11-12H2,1-4H3,(H,22,28)(H,24,26)(H,25,27). The number of nitrogens with one attached hydrogen (secondary N) is 4. The summed E-state index contributed by atoms with van der Waals surface area (Å²) in [6.07, 6.45) is 0. The van der Waals surface area contributed by atoms with Crippen LogP contribution in [0, 0.1) is 20.8 Å². The predicted octanol–water partition coefficient (Wildman–Crippen LogP) is 2.14. The summed E-state index contributed by atoms with van der Waals surface area (Å²) >= 11 is 0. The van der Waals surface area contributed by atoms with Crippen LogP contribution in [0.5, 0.6) is 0 Å². The minimum absolute atomic E-state index is 0.0517. The number of para-hydroxylation sites is 1. The number of anilines is 2. The van der Waals surface area contributed by atoms with E-state index in [0.29, 0.717) is 11.3 Å². The Morgan fingerprint density at radius 1 is 0.893 bits per heavy atom. The molecule has 2 aromatic rings. The largest absolute Gasteiger partial charge is 0.376 e. The van der Waals surface area contributed by atoms with Gasteiger partial charge in [0.1, 0.15) is 0 Å². The Kier molecular flexibility index (Phi) is 7.14. The van der Waals surface area contributed by atoms with Crippen LogP contribution in [-0.2, 0) is 9.59 Å². The smallest absolute Gasteiger partial charge is 0.253 e. The van der Waals surface area contributed by atoms with E-state index in [0.717, 1.165) is 22.4 Å². The third-order valence-corrected chi connectivity index (χ3v) is 4.23. The topological polar surface area (TPSA) is 99.3 Å². The average molecular weight is 382 g/mol. The van der Waals surface area contributed by atoms with Crippen molar-refractivity contribution in [1.82, 2.24) is 10.6 Å². The van der Waals surface area contributed by atoms with Crippen LogP contribution >= 0.6 is 0 Å². The Bertz CT molecular complexity index is 870. The van der Waals surface area contributed by atoms with Gasteiger partial charge in [-0.15, -0.1) is 0 Å². The van der Waals surface area contributed by atoms with Gasteiger partial charge < -0.3 is 21.3 Å². The summed E-state index contributed by atoms with van der Waals surface area (Å²) in [7, 11) is 1.54. The van der Waals surface area contributed by atoms with Crippen LogP contribution in [0.15, 0.2) is 36.4 Å². The molecule has 0 atom stereocenters. The molecule has 0 aliphatic rings. The molecule has 0 heterocycles. The molecule has 148 valence electrons. The van der Waals surface area contributed by atoms with Crippen LogP contribution in [0.1, 0.15) is 27.0 Å². The van der Waals surface area contributed by atoms with Gasteiger partial charge >= 0.3 is 0 Å². The van der Waals surface area contributed by atoms with Crippen LogP contribution in [-0.4, -0.2) is 37.9 Å². The Labute approximate surface area is 164 Å². The molecule has 0 bridgehead atoms. The molecule has 0 saturated carbocycles. The second-order valence-corrected chi connectivity index (χ2v) is 6.58. The monoisotopic (exact) mass is 382 g/mol. The lowest BCUT2D eigenvalue weighted by Gasteiger charge is -2.14. The van der Waals surface area contributed by atoms with E-state index in [1.54, 1.807) is 31.3 Å². The molecular weight excluding hydrogens is 356 g/mol. The molecule has 7 nitrogen and oxygen atoms in total. The van der Waals surface area contributed by atoms with Gasteiger partial charge in [-0.25, -0.2) is 0 Å². The molecule has 2 aromatic carbocycles.